The lowest BCUT2D eigenvalue weighted by molar-refractivity contribution is 0.0514. The van der Waals surface area contributed by atoms with Gasteiger partial charge in [0.25, 0.3) is 5.91 Å². The van der Waals surface area contributed by atoms with Crippen LogP contribution in [0.25, 0.3) is 0 Å². The van der Waals surface area contributed by atoms with Gasteiger partial charge >= 0.3 is 5.97 Å². The maximum absolute atomic E-state index is 12.7. The Bertz CT molecular complexity index is 554. The minimum absolute atomic E-state index is 0.0378. The van der Waals surface area contributed by atoms with Crippen LogP contribution in [0.15, 0.2) is 0 Å². The largest absolute Gasteiger partial charge is 0.461 e. The number of hydrogen-bond donors (Lipinski definition) is 0. The minimum atomic E-state index is -0.363. The molecule has 2 heterocycles. The lowest BCUT2D eigenvalue weighted by Gasteiger charge is -2.27. The van der Waals surface area contributed by atoms with E-state index in [-0.39, 0.29) is 11.9 Å². The van der Waals surface area contributed by atoms with Crippen LogP contribution in [0.5, 0.6) is 0 Å². The maximum Gasteiger partial charge on any atom is 0.355 e. The number of carbonyl (C=O) groups is 2. The lowest BCUT2D eigenvalue weighted by atomic mass is 10.1. The fraction of sp³-hybridized carbons (Fsp3) is 0.625. The molecule has 0 radical (unpaired) electrons. The molecule has 1 amide bonds. The Morgan fingerprint density at radius 3 is 2.33 bits per heavy atom. The Balaban J connectivity index is 2.38. The first kappa shape index (κ1) is 15.6. The molecule has 21 heavy (non-hydrogen) atoms. The van der Waals surface area contributed by atoms with Crippen LogP contribution >= 0.6 is 0 Å². The van der Waals surface area contributed by atoms with Gasteiger partial charge in [-0.3, -0.25) is 4.79 Å². The van der Waals surface area contributed by atoms with E-state index in [4.69, 9.17) is 4.74 Å². The van der Waals surface area contributed by atoms with E-state index in [1.807, 2.05) is 25.8 Å². The first-order valence-electron chi connectivity index (χ1n) is 7.61. The second kappa shape index (κ2) is 6.33. The summed E-state index contributed by atoms with van der Waals surface area (Å²) >= 11 is 0. The molecule has 0 saturated carbocycles. The van der Waals surface area contributed by atoms with Crippen LogP contribution in [0.2, 0.25) is 0 Å². The highest BCUT2D eigenvalue weighted by Crippen LogP contribution is 2.24. The van der Waals surface area contributed by atoms with Crippen LogP contribution in [-0.2, 0) is 11.8 Å². The monoisotopic (exact) mass is 292 g/mol. The van der Waals surface area contributed by atoms with Gasteiger partial charge in [-0.1, -0.05) is 0 Å². The second-order valence-electron chi connectivity index (χ2n) is 5.57. The standard InChI is InChI=1S/C16H24N2O3/c1-5-21-16(20)14-11(2)13(12(3)17(14)4)15(19)18-9-7-6-8-10-18/h5-10H2,1-4H3. The summed E-state index contributed by atoms with van der Waals surface area (Å²) in [5.41, 5.74) is 2.69. The Morgan fingerprint density at radius 1 is 1.14 bits per heavy atom. The fourth-order valence-corrected chi connectivity index (χ4v) is 3.04. The van der Waals surface area contributed by atoms with Gasteiger partial charge in [-0.05, 0) is 45.6 Å². The molecule has 1 aromatic heterocycles. The molecule has 0 aromatic carbocycles. The molecule has 0 N–H and O–H groups in total. The number of amides is 1. The molecule has 0 aliphatic carbocycles. The number of ether oxygens (including phenoxy) is 1. The van der Waals surface area contributed by atoms with Crippen molar-refractivity contribution in [3.8, 4) is 0 Å². The van der Waals surface area contributed by atoms with E-state index in [1.165, 1.54) is 6.42 Å². The van der Waals surface area contributed by atoms with E-state index in [1.54, 1.807) is 11.5 Å². The van der Waals surface area contributed by atoms with Gasteiger partial charge in [-0.15, -0.1) is 0 Å². The zero-order chi connectivity index (χ0) is 15.6. The van der Waals surface area contributed by atoms with Gasteiger partial charge in [-0.25, -0.2) is 4.79 Å². The normalized spacial score (nSPS) is 15.1. The number of carbonyl (C=O) groups excluding carboxylic acids is 2. The molecule has 5 nitrogen and oxygen atoms in total. The summed E-state index contributed by atoms with van der Waals surface area (Å²) in [5.74, 6) is -0.325. The minimum Gasteiger partial charge on any atom is -0.461 e. The topological polar surface area (TPSA) is 51.5 Å². The van der Waals surface area contributed by atoms with Gasteiger partial charge in [0, 0.05) is 25.8 Å². The number of nitrogens with zero attached hydrogens (tertiary/aromatic N) is 2. The number of hydrogen-bond acceptors (Lipinski definition) is 3. The summed E-state index contributed by atoms with van der Waals surface area (Å²) in [6, 6.07) is 0. The average molecular weight is 292 g/mol. The maximum atomic E-state index is 12.7. The van der Waals surface area contributed by atoms with Crippen LogP contribution in [0.1, 0.15) is 58.3 Å². The van der Waals surface area contributed by atoms with Crippen molar-refractivity contribution in [1.29, 1.82) is 0 Å². The summed E-state index contributed by atoms with van der Waals surface area (Å²) in [5, 5.41) is 0. The molecule has 1 aromatic rings. The van der Waals surface area contributed by atoms with E-state index in [9.17, 15) is 9.59 Å². The van der Waals surface area contributed by atoms with Crippen LogP contribution < -0.4 is 0 Å². The third kappa shape index (κ3) is 2.82. The van der Waals surface area contributed by atoms with Crippen molar-refractivity contribution in [2.45, 2.75) is 40.0 Å². The molecule has 0 atom stereocenters. The second-order valence-corrected chi connectivity index (χ2v) is 5.57. The summed E-state index contributed by atoms with van der Waals surface area (Å²) in [4.78, 5) is 26.7. The highest BCUT2D eigenvalue weighted by Gasteiger charge is 2.28. The van der Waals surface area contributed by atoms with Gasteiger partial charge < -0.3 is 14.2 Å². The number of esters is 1. The van der Waals surface area contributed by atoms with Crippen LogP contribution in [0, 0.1) is 13.8 Å². The molecule has 0 spiro atoms. The third-order valence-electron chi connectivity index (χ3n) is 4.26. The van der Waals surface area contributed by atoms with Crippen molar-refractivity contribution in [3.05, 3.63) is 22.5 Å². The molecule has 1 aliphatic rings. The third-order valence-corrected chi connectivity index (χ3v) is 4.26. The Hall–Kier alpha value is -1.78. The summed E-state index contributed by atoms with van der Waals surface area (Å²) in [7, 11) is 1.81. The van der Waals surface area contributed by atoms with E-state index in [0.717, 1.165) is 37.2 Å². The number of rotatable bonds is 3. The molecule has 1 saturated heterocycles. The lowest BCUT2D eigenvalue weighted by Crippen LogP contribution is -2.36. The predicted octanol–water partition coefficient (Wildman–Crippen LogP) is 2.44. The molecule has 2 rings (SSSR count). The molecular weight excluding hydrogens is 268 g/mol. The molecule has 1 fully saturated rings. The van der Waals surface area contributed by atoms with Gasteiger partial charge in [-0.2, -0.15) is 0 Å². The smallest absolute Gasteiger partial charge is 0.355 e. The first-order chi connectivity index (χ1) is 9.99. The zero-order valence-corrected chi connectivity index (χ0v) is 13.4. The molecular formula is C16H24N2O3. The SMILES string of the molecule is CCOC(=O)c1c(C)c(C(=O)N2CCCCC2)c(C)n1C. The molecule has 0 bridgehead atoms. The Morgan fingerprint density at radius 2 is 1.76 bits per heavy atom. The summed E-state index contributed by atoms with van der Waals surface area (Å²) in [6.45, 7) is 7.44. The van der Waals surface area contributed by atoms with Crippen molar-refractivity contribution in [3.63, 3.8) is 0 Å². The van der Waals surface area contributed by atoms with Crippen molar-refractivity contribution in [1.82, 2.24) is 9.47 Å². The molecule has 5 heteroatoms. The number of aromatic nitrogens is 1. The van der Waals surface area contributed by atoms with E-state index in [0.29, 0.717) is 17.9 Å². The molecule has 0 unspecified atom stereocenters. The van der Waals surface area contributed by atoms with Crippen LogP contribution in [0.3, 0.4) is 0 Å². The Labute approximate surface area is 125 Å². The number of piperidine rings is 1. The highest BCUT2D eigenvalue weighted by atomic mass is 16.5. The zero-order valence-electron chi connectivity index (χ0n) is 13.4. The van der Waals surface area contributed by atoms with E-state index in [2.05, 4.69) is 0 Å². The molecule has 1 aliphatic heterocycles. The average Bonchev–Trinajstić information content (AvgIpc) is 2.70. The quantitative estimate of drug-likeness (QED) is 0.804. The number of likely N-dealkylation sites (tertiary alicyclic amines) is 1. The summed E-state index contributed by atoms with van der Waals surface area (Å²) < 4.78 is 6.87. The first-order valence-corrected chi connectivity index (χ1v) is 7.61. The van der Waals surface area contributed by atoms with E-state index >= 15 is 0 Å². The van der Waals surface area contributed by atoms with Gasteiger partial charge in [0.15, 0.2) is 0 Å². The van der Waals surface area contributed by atoms with Gasteiger partial charge in [0.1, 0.15) is 5.69 Å². The van der Waals surface area contributed by atoms with Crippen molar-refractivity contribution in [2.24, 2.45) is 7.05 Å². The van der Waals surface area contributed by atoms with Crippen molar-refractivity contribution in [2.75, 3.05) is 19.7 Å². The van der Waals surface area contributed by atoms with Crippen molar-refractivity contribution >= 4 is 11.9 Å². The fourth-order valence-electron chi connectivity index (χ4n) is 3.04. The Kier molecular flexibility index (Phi) is 4.70. The van der Waals surface area contributed by atoms with Crippen LogP contribution in [0.4, 0.5) is 0 Å². The van der Waals surface area contributed by atoms with Gasteiger partial charge in [0.2, 0.25) is 0 Å². The predicted molar refractivity (Wildman–Crippen MR) is 80.6 cm³/mol. The summed E-state index contributed by atoms with van der Waals surface area (Å²) in [6.07, 6.45) is 3.30. The van der Waals surface area contributed by atoms with Crippen LogP contribution in [-0.4, -0.2) is 41.0 Å². The highest BCUT2D eigenvalue weighted by molar-refractivity contribution is 6.01. The molecule has 116 valence electrons. The van der Waals surface area contributed by atoms with Crippen molar-refractivity contribution < 1.29 is 14.3 Å². The van der Waals surface area contributed by atoms with E-state index < -0.39 is 0 Å². The van der Waals surface area contributed by atoms with Gasteiger partial charge in [0.05, 0.1) is 12.2 Å².